The van der Waals surface area contributed by atoms with E-state index >= 15 is 0 Å². The van der Waals surface area contributed by atoms with E-state index in [9.17, 15) is 9.59 Å². The van der Waals surface area contributed by atoms with E-state index in [1.165, 1.54) is 6.07 Å². The summed E-state index contributed by atoms with van der Waals surface area (Å²) < 4.78 is 4.95. The van der Waals surface area contributed by atoms with Crippen LogP contribution >= 0.6 is 0 Å². The van der Waals surface area contributed by atoms with Crippen molar-refractivity contribution in [3.05, 3.63) is 46.8 Å². The first-order valence-electron chi connectivity index (χ1n) is 7.95. The molecule has 1 aliphatic rings. The van der Waals surface area contributed by atoms with Gasteiger partial charge in [0, 0.05) is 50.1 Å². The Balaban J connectivity index is 1.77. The van der Waals surface area contributed by atoms with E-state index in [2.05, 4.69) is 15.0 Å². The molecule has 3 heterocycles. The molecule has 0 aliphatic carbocycles. The Labute approximate surface area is 139 Å². The molecule has 0 radical (unpaired) electrons. The van der Waals surface area contributed by atoms with Crippen LogP contribution in [-0.2, 0) is 9.53 Å². The van der Waals surface area contributed by atoms with Gasteiger partial charge in [-0.3, -0.25) is 14.6 Å². The Morgan fingerprint density at radius 3 is 2.96 bits per heavy atom. The summed E-state index contributed by atoms with van der Waals surface area (Å²) in [7, 11) is 1.58. The monoisotopic (exact) mass is 328 g/mol. The van der Waals surface area contributed by atoms with Crippen LogP contribution < -0.4 is 5.56 Å². The van der Waals surface area contributed by atoms with Crippen LogP contribution in [0.5, 0.6) is 0 Å². The van der Waals surface area contributed by atoms with Gasteiger partial charge in [-0.05, 0) is 18.6 Å². The maximum Gasteiger partial charge on any atom is 0.251 e. The lowest BCUT2D eigenvalue weighted by molar-refractivity contribution is -0.131. The third-order valence-electron chi connectivity index (χ3n) is 4.18. The van der Waals surface area contributed by atoms with Gasteiger partial charge in [0.25, 0.3) is 5.56 Å². The molecule has 126 valence electrons. The van der Waals surface area contributed by atoms with Gasteiger partial charge in [0.15, 0.2) is 0 Å². The van der Waals surface area contributed by atoms with Gasteiger partial charge in [-0.2, -0.15) is 0 Å². The quantitative estimate of drug-likeness (QED) is 0.890. The smallest absolute Gasteiger partial charge is 0.251 e. The van der Waals surface area contributed by atoms with E-state index in [4.69, 9.17) is 4.74 Å². The summed E-state index contributed by atoms with van der Waals surface area (Å²) in [5.74, 6) is 0.759. The van der Waals surface area contributed by atoms with Crippen LogP contribution in [0.25, 0.3) is 11.3 Å². The number of hydrogen-bond donors (Lipinski definition) is 1. The number of likely N-dealkylation sites (tertiary alicyclic amines) is 1. The molecule has 1 N–H and O–H groups in total. The van der Waals surface area contributed by atoms with Gasteiger partial charge in [-0.25, -0.2) is 4.98 Å². The van der Waals surface area contributed by atoms with Crippen LogP contribution in [0.1, 0.15) is 24.6 Å². The Bertz CT molecular complexity index is 760. The number of carbonyl (C=O) groups is 1. The van der Waals surface area contributed by atoms with Crippen molar-refractivity contribution >= 4 is 5.91 Å². The largest absolute Gasteiger partial charge is 0.384 e. The van der Waals surface area contributed by atoms with E-state index < -0.39 is 0 Å². The zero-order valence-electron chi connectivity index (χ0n) is 13.6. The number of pyridine rings is 1. The maximum atomic E-state index is 12.1. The normalized spacial score (nSPS) is 17.2. The van der Waals surface area contributed by atoms with Crippen molar-refractivity contribution < 1.29 is 9.53 Å². The molecule has 0 bridgehead atoms. The number of nitrogens with one attached hydrogen (secondary N) is 1. The van der Waals surface area contributed by atoms with E-state index in [1.807, 2.05) is 17.0 Å². The summed E-state index contributed by atoms with van der Waals surface area (Å²) in [6.07, 6.45) is 4.51. The first kappa shape index (κ1) is 16.3. The van der Waals surface area contributed by atoms with Crippen molar-refractivity contribution in [3.63, 3.8) is 0 Å². The lowest BCUT2D eigenvalue weighted by Gasteiger charge is -2.16. The summed E-state index contributed by atoms with van der Waals surface area (Å²) in [5, 5.41) is 0. The van der Waals surface area contributed by atoms with Gasteiger partial charge in [0.2, 0.25) is 5.91 Å². The lowest BCUT2D eigenvalue weighted by Crippen LogP contribution is -2.29. The van der Waals surface area contributed by atoms with E-state index in [0.717, 1.165) is 12.0 Å². The molecule has 0 saturated carbocycles. The second kappa shape index (κ2) is 7.35. The number of amides is 1. The fraction of sp³-hybridized carbons (Fsp3) is 0.412. The molecule has 3 rings (SSSR count). The molecule has 0 spiro atoms. The number of carbonyl (C=O) groups excluding carboxylic acids is 1. The van der Waals surface area contributed by atoms with Crippen LogP contribution in [-0.4, -0.2) is 52.6 Å². The van der Waals surface area contributed by atoms with E-state index in [1.54, 1.807) is 19.5 Å². The van der Waals surface area contributed by atoms with Crippen LogP contribution in [0, 0.1) is 0 Å². The second-order valence-corrected chi connectivity index (χ2v) is 5.82. The summed E-state index contributed by atoms with van der Waals surface area (Å²) in [5.41, 5.74) is 1.29. The number of aromatic nitrogens is 3. The van der Waals surface area contributed by atoms with Gasteiger partial charge in [-0.1, -0.05) is 0 Å². The summed E-state index contributed by atoms with van der Waals surface area (Å²) in [6, 6.07) is 5.12. The molecule has 1 atom stereocenters. The van der Waals surface area contributed by atoms with Crippen molar-refractivity contribution in [2.75, 3.05) is 26.8 Å². The highest BCUT2D eigenvalue weighted by Crippen LogP contribution is 2.26. The minimum atomic E-state index is -0.184. The molecule has 0 unspecified atom stereocenters. The highest BCUT2D eigenvalue weighted by molar-refractivity contribution is 5.76. The number of hydrogen-bond acceptors (Lipinski definition) is 5. The third-order valence-corrected chi connectivity index (χ3v) is 4.18. The Kier molecular flexibility index (Phi) is 5.00. The van der Waals surface area contributed by atoms with Crippen molar-refractivity contribution in [1.82, 2.24) is 19.9 Å². The van der Waals surface area contributed by atoms with E-state index in [-0.39, 0.29) is 17.4 Å². The zero-order chi connectivity index (χ0) is 16.9. The van der Waals surface area contributed by atoms with Crippen molar-refractivity contribution in [1.29, 1.82) is 0 Å². The molecule has 0 aromatic carbocycles. The predicted molar refractivity (Wildman–Crippen MR) is 88.5 cm³/mol. The molecular formula is C17H20N4O3. The summed E-state index contributed by atoms with van der Waals surface area (Å²) >= 11 is 0. The van der Waals surface area contributed by atoms with Crippen LogP contribution in [0.2, 0.25) is 0 Å². The number of aromatic amines is 1. The molecule has 2 aromatic rings. The fourth-order valence-electron chi connectivity index (χ4n) is 2.90. The molecule has 1 aliphatic heterocycles. The lowest BCUT2D eigenvalue weighted by atomic mass is 10.1. The number of methoxy groups -OCH3 is 1. The topological polar surface area (TPSA) is 88.2 Å². The van der Waals surface area contributed by atoms with Crippen LogP contribution in [0.15, 0.2) is 35.4 Å². The van der Waals surface area contributed by atoms with Crippen LogP contribution in [0.3, 0.4) is 0 Å². The highest BCUT2D eigenvalue weighted by atomic mass is 16.5. The van der Waals surface area contributed by atoms with Crippen molar-refractivity contribution in [2.24, 2.45) is 0 Å². The first-order chi connectivity index (χ1) is 11.7. The molecule has 2 aromatic heterocycles. The fourth-order valence-corrected chi connectivity index (χ4v) is 2.90. The maximum absolute atomic E-state index is 12.1. The molecule has 7 nitrogen and oxygen atoms in total. The average Bonchev–Trinajstić information content (AvgIpc) is 3.10. The van der Waals surface area contributed by atoms with Crippen molar-refractivity contribution in [3.8, 4) is 11.3 Å². The third kappa shape index (κ3) is 3.68. The standard InChI is InChI=1S/C17H20N4O3/c1-24-9-5-16(23)21-8-4-13(11-21)17-19-14(10-15(22)20-17)12-2-6-18-7-3-12/h2-3,6-7,10,13H,4-5,8-9,11H2,1H3,(H,19,20,22)/t13-/m0/s1. The van der Waals surface area contributed by atoms with Gasteiger partial charge < -0.3 is 14.6 Å². The predicted octanol–water partition coefficient (Wildman–Crippen LogP) is 1.18. The Hall–Kier alpha value is -2.54. The van der Waals surface area contributed by atoms with Crippen molar-refractivity contribution in [2.45, 2.75) is 18.8 Å². The van der Waals surface area contributed by atoms with Gasteiger partial charge in [0.05, 0.1) is 18.7 Å². The minimum absolute atomic E-state index is 0.0472. The SMILES string of the molecule is COCCC(=O)N1CC[C@H](c2nc(-c3ccncc3)cc(=O)[nH]2)C1. The Morgan fingerprint density at radius 2 is 2.21 bits per heavy atom. The molecule has 7 heteroatoms. The van der Waals surface area contributed by atoms with Gasteiger partial charge >= 0.3 is 0 Å². The molecule has 1 saturated heterocycles. The Morgan fingerprint density at radius 1 is 1.42 bits per heavy atom. The van der Waals surface area contributed by atoms with E-state index in [0.29, 0.717) is 37.6 Å². The highest BCUT2D eigenvalue weighted by Gasteiger charge is 2.28. The minimum Gasteiger partial charge on any atom is -0.384 e. The number of nitrogens with zero attached hydrogens (tertiary/aromatic N) is 3. The summed E-state index contributed by atoms with van der Waals surface area (Å²) in [6.45, 7) is 1.67. The molecule has 24 heavy (non-hydrogen) atoms. The number of ether oxygens (including phenoxy) is 1. The van der Waals surface area contributed by atoms with Gasteiger partial charge in [-0.15, -0.1) is 0 Å². The van der Waals surface area contributed by atoms with Crippen LogP contribution in [0.4, 0.5) is 0 Å². The average molecular weight is 328 g/mol. The van der Waals surface area contributed by atoms with Gasteiger partial charge in [0.1, 0.15) is 5.82 Å². The summed E-state index contributed by atoms with van der Waals surface area (Å²) in [4.78, 5) is 37.3. The number of H-pyrrole nitrogens is 1. The second-order valence-electron chi connectivity index (χ2n) is 5.82. The first-order valence-corrected chi connectivity index (χ1v) is 7.95. The number of rotatable bonds is 5. The molecule has 1 fully saturated rings. The molecular weight excluding hydrogens is 308 g/mol. The molecule has 1 amide bonds. The zero-order valence-corrected chi connectivity index (χ0v) is 13.6.